The smallest absolute Gasteiger partial charge is 0.416 e. The number of aromatic nitrogens is 1. The Morgan fingerprint density at radius 1 is 1.09 bits per heavy atom. The first-order valence-corrected chi connectivity index (χ1v) is 11.6. The number of nitrogens with zero attached hydrogens (tertiary/aromatic N) is 3. The lowest BCUT2D eigenvalue weighted by atomic mass is 10.1. The van der Waals surface area contributed by atoms with Gasteiger partial charge in [-0.2, -0.15) is 13.2 Å². The fraction of sp³-hybridized carbons (Fsp3) is 0.391. The van der Waals surface area contributed by atoms with Crippen molar-refractivity contribution in [1.29, 1.82) is 0 Å². The number of carbonyl (C=O) groups excluding carboxylic acids is 1. The molecule has 1 N–H and O–H groups in total. The molecule has 1 aliphatic rings. The van der Waals surface area contributed by atoms with Crippen molar-refractivity contribution in [3.8, 4) is 11.5 Å². The molecule has 1 saturated heterocycles. The van der Waals surface area contributed by atoms with Gasteiger partial charge in [0.25, 0.3) is 5.91 Å². The summed E-state index contributed by atoms with van der Waals surface area (Å²) in [6.45, 7) is 4.07. The summed E-state index contributed by atoms with van der Waals surface area (Å²) in [5.74, 6) is 0.949. The number of anilines is 1. The van der Waals surface area contributed by atoms with Gasteiger partial charge in [0.1, 0.15) is 21.7 Å². The molecule has 182 valence electrons. The number of hydrogen-bond donors (Lipinski definition) is 1. The molecule has 0 spiro atoms. The van der Waals surface area contributed by atoms with Crippen LogP contribution in [-0.2, 0) is 6.18 Å². The summed E-state index contributed by atoms with van der Waals surface area (Å²) in [7, 11) is 3.25. The second-order valence-electron chi connectivity index (χ2n) is 7.81. The van der Waals surface area contributed by atoms with E-state index in [1.54, 1.807) is 25.6 Å². The molecular weight excluding hydrogens is 469 g/mol. The maximum atomic E-state index is 12.9. The van der Waals surface area contributed by atoms with Crippen LogP contribution in [0.15, 0.2) is 36.4 Å². The zero-order valence-electron chi connectivity index (χ0n) is 18.8. The molecule has 2 aromatic carbocycles. The summed E-state index contributed by atoms with van der Waals surface area (Å²) in [4.78, 5) is 21.4. The van der Waals surface area contributed by atoms with E-state index in [4.69, 9.17) is 14.5 Å². The van der Waals surface area contributed by atoms with Gasteiger partial charge < -0.3 is 19.7 Å². The topological polar surface area (TPSA) is 66.9 Å². The molecule has 4 rings (SSSR count). The largest absolute Gasteiger partial charge is 0.495 e. The standard InChI is InChI=1S/C23H25F3N4O3S/c1-32-17-6-7-18(33-2)20-19(17)28-22(34-20)30-12-10-29(11-13-30)9-8-27-21(31)15-4-3-5-16(14-15)23(24,25)26/h3-7,14H,8-13H2,1-2H3,(H,27,31). The van der Waals surface area contributed by atoms with E-state index in [1.807, 2.05) is 12.1 Å². The molecule has 2 heterocycles. The summed E-state index contributed by atoms with van der Waals surface area (Å²) in [6, 6.07) is 8.16. The van der Waals surface area contributed by atoms with Crippen molar-refractivity contribution in [2.24, 2.45) is 0 Å². The number of thiazole rings is 1. The molecular formula is C23H25F3N4O3S. The number of piperazine rings is 1. The monoisotopic (exact) mass is 494 g/mol. The SMILES string of the molecule is COc1ccc(OC)c2sc(N3CCN(CCNC(=O)c4cccc(C(F)(F)F)c4)CC3)nc12. The van der Waals surface area contributed by atoms with E-state index >= 15 is 0 Å². The lowest BCUT2D eigenvalue weighted by molar-refractivity contribution is -0.137. The van der Waals surface area contributed by atoms with E-state index in [0.717, 1.165) is 59.4 Å². The van der Waals surface area contributed by atoms with E-state index in [9.17, 15) is 18.0 Å². The molecule has 7 nitrogen and oxygen atoms in total. The van der Waals surface area contributed by atoms with E-state index < -0.39 is 17.6 Å². The molecule has 1 fully saturated rings. The van der Waals surface area contributed by atoms with Gasteiger partial charge in [0.2, 0.25) is 0 Å². The van der Waals surface area contributed by atoms with Gasteiger partial charge in [-0.25, -0.2) is 4.98 Å². The van der Waals surface area contributed by atoms with Gasteiger partial charge in [-0.3, -0.25) is 9.69 Å². The van der Waals surface area contributed by atoms with Crippen molar-refractivity contribution >= 4 is 32.6 Å². The third-order valence-electron chi connectivity index (χ3n) is 5.71. The second kappa shape index (κ2) is 10.1. The van der Waals surface area contributed by atoms with E-state index in [-0.39, 0.29) is 5.56 Å². The van der Waals surface area contributed by atoms with E-state index in [1.165, 1.54) is 12.1 Å². The van der Waals surface area contributed by atoms with Crippen molar-refractivity contribution < 1.29 is 27.4 Å². The summed E-state index contributed by atoms with van der Waals surface area (Å²) < 4.78 is 50.4. The number of amides is 1. The van der Waals surface area contributed by atoms with Crippen LogP contribution in [0.2, 0.25) is 0 Å². The average molecular weight is 495 g/mol. The van der Waals surface area contributed by atoms with Gasteiger partial charge in [-0.15, -0.1) is 0 Å². The predicted molar refractivity (Wildman–Crippen MR) is 125 cm³/mol. The Morgan fingerprint density at radius 3 is 2.47 bits per heavy atom. The highest BCUT2D eigenvalue weighted by Gasteiger charge is 2.31. The molecule has 3 aromatic rings. The Bertz CT molecular complexity index is 1120. The number of benzene rings is 2. The van der Waals surface area contributed by atoms with Gasteiger partial charge in [0.05, 0.1) is 19.8 Å². The van der Waals surface area contributed by atoms with Crippen molar-refractivity contribution in [1.82, 2.24) is 15.2 Å². The van der Waals surface area contributed by atoms with Crippen LogP contribution in [0.3, 0.4) is 0 Å². The number of methoxy groups -OCH3 is 2. The maximum absolute atomic E-state index is 12.9. The Hall–Kier alpha value is -3.05. The normalized spacial score (nSPS) is 14.9. The Morgan fingerprint density at radius 2 is 1.79 bits per heavy atom. The minimum absolute atomic E-state index is 0.00124. The summed E-state index contributed by atoms with van der Waals surface area (Å²) >= 11 is 1.56. The van der Waals surface area contributed by atoms with Crippen molar-refractivity contribution in [2.75, 3.05) is 58.4 Å². The van der Waals surface area contributed by atoms with Crippen LogP contribution < -0.4 is 19.7 Å². The van der Waals surface area contributed by atoms with Crippen LogP contribution in [0.5, 0.6) is 11.5 Å². The van der Waals surface area contributed by atoms with Crippen LogP contribution in [0.4, 0.5) is 18.3 Å². The number of hydrogen-bond acceptors (Lipinski definition) is 7. The minimum atomic E-state index is -4.48. The zero-order valence-corrected chi connectivity index (χ0v) is 19.6. The molecule has 0 unspecified atom stereocenters. The van der Waals surface area contributed by atoms with Crippen molar-refractivity contribution in [2.45, 2.75) is 6.18 Å². The summed E-state index contributed by atoms with van der Waals surface area (Å²) in [5, 5.41) is 3.61. The second-order valence-corrected chi connectivity index (χ2v) is 8.78. The number of alkyl halides is 3. The quantitative estimate of drug-likeness (QED) is 0.538. The number of nitrogens with one attached hydrogen (secondary N) is 1. The molecule has 0 radical (unpaired) electrons. The maximum Gasteiger partial charge on any atom is 0.416 e. The van der Waals surface area contributed by atoms with E-state index in [2.05, 4.69) is 15.1 Å². The number of halogens is 3. The number of carbonyl (C=O) groups is 1. The first-order chi connectivity index (χ1) is 16.3. The highest BCUT2D eigenvalue weighted by molar-refractivity contribution is 7.22. The van der Waals surface area contributed by atoms with Gasteiger partial charge in [0.15, 0.2) is 5.13 Å². The molecule has 0 atom stereocenters. The predicted octanol–water partition coefficient (Wildman–Crippen LogP) is 3.88. The lowest BCUT2D eigenvalue weighted by Crippen LogP contribution is -2.48. The Labute approximate surface area is 199 Å². The van der Waals surface area contributed by atoms with Gasteiger partial charge in [0, 0.05) is 44.8 Å². The molecule has 1 aliphatic heterocycles. The molecule has 0 aliphatic carbocycles. The third-order valence-corrected chi connectivity index (χ3v) is 6.84. The van der Waals surface area contributed by atoms with Crippen molar-refractivity contribution in [3.63, 3.8) is 0 Å². The lowest BCUT2D eigenvalue weighted by Gasteiger charge is -2.34. The average Bonchev–Trinajstić information content (AvgIpc) is 3.29. The first-order valence-electron chi connectivity index (χ1n) is 10.7. The van der Waals surface area contributed by atoms with Crippen LogP contribution >= 0.6 is 11.3 Å². The Kier molecular flexibility index (Phi) is 7.13. The summed E-state index contributed by atoms with van der Waals surface area (Å²) in [6.07, 6.45) is -4.48. The molecule has 34 heavy (non-hydrogen) atoms. The molecule has 11 heteroatoms. The number of rotatable bonds is 7. The fourth-order valence-corrected chi connectivity index (χ4v) is 4.96. The molecule has 1 aromatic heterocycles. The third kappa shape index (κ3) is 5.20. The van der Waals surface area contributed by atoms with Crippen LogP contribution in [-0.4, -0.2) is 69.3 Å². The van der Waals surface area contributed by atoms with Crippen LogP contribution in [0.25, 0.3) is 10.2 Å². The zero-order chi connectivity index (χ0) is 24.3. The molecule has 0 saturated carbocycles. The first kappa shape index (κ1) is 24.1. The highest BCUT2D eigenvalue weighted by atomic mass is 32.1. The van der Waals surface area contributed by atoms with Gasteiger partial charge in [-0.05, 0) is 30.3 Å². The Balaban J connectivity index is 1.30. The van der Waals surface area contributed by atoms with Crippen LogP contribution in [0.1, 0.15) is 15.9 Å². The van der Waals surface area contributed by atoms with Gasteiger partial charge >= 0.3 is 6.18 Å². The fourth-order valence-electron chi connectivity index (χ4n) is 3.84. The molecule has 0 bridgehead atoms. The highest BCUT2D eigenvalue weighted by Crippen LogP contribution is 2.40. The molecule has 1 amide bonds. The van der Waals surface area contributed by atoms with Gasteiger partial charge in [-0.1, -0.05) is 17.4 Å². The number of ether oxygens (including phenoxy) is 2. The minimum Gasteiger partial charge on any atom is -0.495 e. The number of fused-ring (bicyclic) bond motifs is 1. The van der Waals surface area contributed by atoms with Crippen molar-refractivity contribution in [3.05, 3.63) is 47.5 Å². The summed E-state index contributed by atoms with van der Waals surface area (Å²) in [5.41, 5.74) is -0.0516. The van der Waals surface area contributed by atoms with Crippen LogP contribution in [0, 0.1) is 0 Å². The van der Waals surface area contributed by atoms with E-state index in [0.29, 0.717) is 18.8 Å².